The van der Waals surface area contributed by atoms with Crippen LogP contribution in [0.3, 0.4) is 0 Å². The fourth-order valence-electron chi connectivity index (χ4n) is 1.01. The summed E-state index contributed by atoms with van der Waals surface area (Å²) in [6.07, 6.45) is 0.446. The molecule has 5 heteroatoms. The van der Waals surface area contributed by atoms with Crippen LogP contribution < -0.4 is 11.1 Å². The molecule has 1 atom stereocenters. The minimum Gasteiger partial charge on any atom is -0.468 e. The quantitative estimate of drug-likeness (QED) is 0.596. The maximum atomic E-state index is 10.5. The van der Waals surface area contributed by atoms with Gasteiger partial charge in [0.2, 0.25) is 5.91 Å². The van der Waals surface area contributed by atoms with E-state index in [1.165, 1.54) is 0 Å². The van der Waals surface area contributed by atoms with E-state index in [4.69, 9.17) is 15.3 Å². The standard InChI is InChI=1S/C9H14N2O3/c1-6-2-3-14-8(6)5-11-4-7(12)9(10)13/h2-3,7,11-12H,4-5H2,1H3,(H2,10,13). The molecule has 0 saturated carbocycles. The molecule has 0 spiro atoms. The van der Waals surface area contributed by atoms with Crippen LogP contribution in [0.15, 0.2) is 16.7 Å². The van der Waals surface area contributed by atoms with E-state index in [1.807, 2.05) is 13.0 Å². The Bertz CT molecular complexity index is 309. The number of carbonyl (C=O) groups excluding carboxylic acids is 1. The van der Waals surface area contributed by atoms with Crippen molar-refractivity contribution in [1.29, 1.82) is 0 Å². The highest BCUT2D eigenvalue weighted by Gasteiger charge is 2.10. The van der Waals surface area contributed by atoms with E-state index in [0.29, 0.717) is 6.54 Å². The van der Waals surface area contributed by atoms with Crippen molar-refractivity contribution in [3.63, 3.8) is 0 Å². The first-order valence-electron chi connectivity index (χ1n) is 4.32. The van der Waals surface area contributed by atoms with E-state index in [1.54, 1.807) is 6.26 Å². The Hall–Kier alpha value is -1.33. The molecule has 1 heterocycles. The molecule has 1 unspecified atom stereocenters. The second-order valence-corrected chi connectivity index (χ2v) is 3.08. The van der Waals surface area contributed by atoms with Crippen molar-refractivity contribution >= 4 is 5.91 Å². The lowest BCUT2D eigenvalue weighted by Crippen LogP contribution is -2.37. The number of hydrogen-bond donors (Lipinski definition) is 3. The number of rotatable bonds is 5. The summed E-state index contributed by atoms with van der Waals surface area (Å²) < 4.78 is 5.15. The normalized spacial score (nSPS) is 12.7. The Balaban J connectivity index is 2.29. The maximum absolute atomic E-state index is 10.5. The molecule has 1 rings (SSSR count). The Labute approximate surface area is 81.9 Å². The minimum atomic E-state index is -1.15. The second-order valence-electron chi connectivity index (χ2n) is 3.08. The zero-order valence-electron chi connectivity index (χ0n) is 7.99. The summed E-state index contributed by atoms with van der Waals surface area (Å²) >= 11 is 0. The summed E-state index contributed by atoms with van der Waals surface area (Å²) in [6, 6.07) is 1.85. The number of carbonyl (C=O) groups is 1. The molecular weight excluding hydrogens is 184 g/mol. The molecule has 1 aromatic rings. The van der Waals surface area contributed by atoms with Crippen LogP contribution >= 0.6 is 0 Å². The van der Waals surface area contributed by atoms with Crippen LogP contribution in [0.4, 0.5) is 0 Å². The largest absolute Gasteiger partial charge is 0.468 e. The van der Waals surface area contributed by atoms with Crippen molar-refractivity contribution in [1.82, 2.24) is 5.32 Å². The number of aryl methyl sites for hydroxylation is 1. The molecular formula is C9H14N2O3. The van der Waals surface area contributed by atoms with Gasteiger partial charge in [-0.2, -0.15) is 0 Å². The van der Waals surface area contributed by atoms with Crippen molar-refractivity contribution in [2.24, 2.45) is 5.73 Å². The summed E-state index contributed by atoms with van der Waals surface area (Å²) in [6.45, 7) is 2.53. The molecule has 0 saturated heterocycles. The van der Waals surface area contributed by atoms with E-state index < -0.39 is 12.0 Å². The molecule has 0 aliphatic rings. The third-order valence-corrected chi connectivity index (χ3v) is 1.92. The molecule has 14 heavy (non-hydrogen) atoms. The van der Waals surface area contributed by atoms with Crippen LogP contribution in [-0.4, -0.2) is 23.7 Å². The number of hydrogen-bond acceptors (Lipinski definition) is 4. The summed E-state index contributed by atoms with van der Waals surface area (Å²) in [4.78, 5) is 10.5. The predicted molar refractivity (Wildman–Crippen MR) is 50.4 cm³/mol. The Morgan fingerprint density at radius 1 is 1.79 bits per heavy atom. The van der Waals surface area contributed by atoms with Crippen LogP contribution in [0.5, 0.6) is 0 Å². The van der Waals surface area contributed by atoms with Crippen molar-refractivity contribution in [2.75, 3.05) is 6.54 Å². The Kier molecular flexibility index (Phi) is 3.67. The van der Waals surface area contributed by atoms with E-state index in [-0.39, 0.29) is 6.54 Å². The van der Waals surface area contributed by atoms with Crippen molar-refractivity contribution in [3.05, 3.63) is 23.7 Å². The van der Waals surface area contributed by atoms with E-state index in [2.05, 4.69) is 5.32 Å². The van der Waals surface area contributed by atoms with Gasteiger partial charge in [-0.25, -0.2) is 0 Å². The number of aliphatic hydroxyl groups is 1. The molecule has 5 nitrogen and oxygen atoms in total. The third kappa shape index (κ3) is 2.86. The van der Waals surface area contributed by atoms with Gasteiger partial charge in [-0.15, -0.1) is 0 Å². The van der Waals surface area contributed by atoms with Gasteiger partial charge in [0.15, 0.2) is 0 Å². The Morgan fingerprint density at radius 2 is 2.50 bits per heavy atom. The van der Waals surface area contributed by atoms with Crippen molar-refractivity contribution in [2.45, 2.75) is 19.6 Å². The first kappa shape index (κ1) is 10.7. The van der Waals surface area contributed by atoms with Gasteiger partial charge in [0.1, 0.15) is 11.9 Å². The fourth-order valence-corrected chi connectivity index (χ4v) is 1.01. The van der Waals surface area contributed by atoms with Crippen LogP contribution in [0.2, 0.25) is 0 Å². The molecule has 4 N–H and O–H groups in total. The highest BCUT2D eigenvalue weighted by atomic mass is 16.3. The van der Waals surface area contributed by atoms with E-state index >= 15 is 0 Å². The van der Waals surface area contributed by atoms with Gasteiger partial charge >= 0.3 is 0 Å². The van der Waals surface area contributed by atoms with Gasteiger partial charge < -0.3 is 20.6 Å². The predicted octanol–water partition coefficient (Wildman–Crippen LogP) is -0.476. The van der Waals surface area contributed by atoms with Gasteiger partial charge in [0, 0.05) is 6.54 Å². The number of amides is 1. The average Bonchev–Trinajstić information content (AvgIpc) is 2.51. The molecule has 0 aromatic carbocycles. The van der Waals surface area contributed by atoms with Gasteiger partial charge in [-0.1, -0.05) is 0 Å². The van der Waals surface area contributed by atoms with Crippen molar-refractivity contribution < 1.29 is 14.3 Å². The van der Waals surface area contributed by atoms with E-state index in [0.717, 1.165) is 11.3 Å². The number of nitrogens with one attached hydrogen (secondary N) is 1. The van der Waals surface area contributed by atoms with Crippen LogP contribution in [-0.2, 0) is 11.3 Å². The molecule has 0 radical (unpaired) electrons. The molecule has 0 aliphatic heterocycles. The lowest BCUT2D eigenvalue weighted by Gasteiger charge is -2.07. The summed E-state index contributed by atoms with van der Waals surface area (Å²) in [5, 5.41) is 11.9. The zero-order chi connectivity index (χ0) is 10.6. The number of aliphatic hydroxyl groups excluding tert-OH is 1. The molecule has 0 bridgehead atoms. The molecule has 0 aliphatic carbocycles. The van der Waals surface area contributed by atoms with Gasteiger partial charge in [0.25, 0.3) is 0 Å². The molecule has 1 amide bonds. The minimum absolute atomic E-state index is 0.134. The lowest BCUT2D eigenvalue weighted by atomic mass is 10.2. The van der Waals surface area contributed by atoms with Gasteiger partial charge in [0.05, 0.1) is 12.8 Å². The van der Waals surface area contributed by atoms with Crippen molar-refractivity contribution in [3.8, 4) is 0 Å². The van der Waals surface area contributed by atoms with Crippen LogP contribution in [0, 0.1) is 6.92 Å². The average molecular weight is 198 g/mol. The van der Waals surface area contributed by atoms with Gasteiger partial charge in [-0.3, -0.25) is 4.79 Å². The number of nitrogens with two attached hydrogens (primary N) is 1. The molecule has 1 aromatic heterocycles. The number of furan rings is 1. The lowest BCUT2D eigenvalue weighted by molar-refractivity contribution is -0.125. The van der Waals surface area contributed by atoms with Gasteiger partial charge in [-0.05, 0) is 18.6 Å². The summed E-state index contributed by atoms with van der Waals surface area (Å²) in [5.41, 5.74) is 5.91. The highest BCUT2D eigenvalue weighted by molar-refractivity contribution is 5.78. The SMILES string of the molecule is Cc1ccoc1CNCC(O)C(N)=O. The zero-order valence-corrected chi connectivity index (χ0v) is 7.99. The second kappa shape index (κ2) is 4.78. The third-order valence-electron chi connectivity index (χ3n) is 1.92. The summed E-state index contributed by atoms with van der Waals surface area (Å²) in [5.74, 6) is 0.0651. The number of primary amides is 1. The molecule has 78 valence electrons. The monoisotopic (exact) mass is 198 g/mol. The molecule has 0 fully saturated rings. The van der Waals surface area contributed by atoms with E-state index in [9.17, 15) is 4.79 Å². The first-order valence-corrected chi connectivity index (χ1v) is 4.32. The smallest absolute Gasteiger partial charge is 0.247 e. The van der Waals surface area contributed by atoms with Crippen LogP contribution in [0.1, 0.15) is 11.3 Å². The maximum Gasteiger partial charge on any atom is 0.247 e. The highest BCUT2D eigenvalue weighted by Crippen LogP contribution is 2.07. The van der Waals surface area contributed by atoms with Crippen LogP contribution in [0.25, 0.3) is 0 Å². The topological polar surface area (TPSA) is 88.5 Å². The summed E-state index contributed by atoms with van der Waals surface area (Å²) in [7, 11) is 0. The fraction of sp³-hybridized carbons (Fsp3) is 0.444. The Morgan fingerprint density at radius 3 is 3.00 bits per heavy atom. The first-order chi connectivity index (χ1) is 6.61.